The minimum Gasteiger partial charge on any atom is -0.343 e. The summed E-state index contributed by atoms with van der Waals surface area (Å²) in [6.45, 7) is 4.49. The van der Waals surface area contributed by atoms with Gasteiger partial charge in [0.05, 0.1) is 6.04 Å². The monoisotopic (exact) mass is 260 g/mol. The molecule has 0 radical (unpaired) electrons. The average molecular weight is 261 g/mol. The number of aryl methyl sites for hydroxylation is 1. The smallest absolute Gasteiger partial charge is 0.248 e. The van der Waals surface area contributed by atoms with Gasteiger partial charge in [0, 0.05) is 0 Å². The molecule has 2 heterocycles. The molecule has 0 spiro atoms. The number of hydrogen-bond donors (Lipinski definition) is 2. The highest BCUT2D eigenvalue weighted by Crippen LogP contribution is 2.11. The van der Waals surface area contributed by atoms with Crippen molar-refractivity contribution < 1.29 is 9.32 Å². The molecule has 96 valence electrons. The van der Waals surface area contributed by atoms with Gasteiger partial charge in [0.2, 0.25) is 11.8 Å². The summed E-state index contributed by atoms with van der Waals surface area (Å²) in [5.74, 6) is 1.03. The van der Waals surface area contributed by atoms with Gasteiger partial charge < -0.3 is 15.2 Å². The fourth-order valence-corrected chi connectivity index (χ4v) is 1.77. The lowest BCUT2D eigenvalue weighted by atomic mass is 10.2. The number of rotatable bonds is 3. The van der Waals surface area contributed by atoms with Crippen molar-refractivity contribution >= 4 is 18.3 Å². The summed E-state index contributed by atoms with van der Waals surface area (Å²) in [5, 5.41) is 9.68. The zero-order valence-electron chi connectivity index (χ0n) is 9.90. The Balaban J connectivity index is 0.00000144. The van der Waals surface area contributed by atoms with Crippen LogP contribution in [0.4, 0.5) is 0 Å². The summed E-state index contributed by atoms with van der Waals surface area (Å²) >= 11 is 0. The van der Waals surface area contributed by atoms with Crippen LogP contribution < -0.4 is 10.6 Å². The van der Waals surface area contributed by atoms with Crippen LogP contribution in [-0.2, 0) is 4.79 Å². The number of carbonyl (C=O) groups is 1. The van der Waals surface area contributed by atoms with E-state index in [1.807, 2.05) is 6.92 Å². The van der Waals surface area contributed by atoms with Gasteiger partial charge in [-0.2, -0.15) is 4.98 Å². The van der Waals surface area contributed by atoms with Gasteiger partial charge in [-0.15, -0.1) is 12.4 Å². The Kier molecular flexibility index (Phi) is 4.89. The average Bonchev–Trinajstić information content (AvgIpc) is 2.87. The van der Waals surface area contributed by atoms with E-state index in [4.69, 9.17) is 4.52 Å². The van der Waals surface area contributed by atoms with Gasteiger partial charge in [-0.3, -0.25) is 4.79 Å². The van der Waals surface area contributed by atoms with Crippen molar-refractivity contribution in [2.45, 2.75) is 38.8 Å². The molecule has 2 rings (SSSR count). The Bertz CT molecular complexity index is 376. The predicted octanol–water partition coefficient (Wildman–Crippen LogP) is 0.729. The number of hydrogen-bond acceptors (Lipinski definition) is 5. The van der Waals surface area contributed by atoms with Gasteiger partial charge in [0.25, 0.3) is 0 Å². The molecule has 2 atom stereocenters. The van der Waals surface area contributed by atoms with Gasteiger partial charge >= 0.3 is 0 Å². The third-order valence-corrected chi connectivity index (χ3v) is 2.65. The van der Waals surface area contributed by atoms with Crippen LogP contribution in [0, 0.1) is 6.92 Å². The molecular formula is C10H17ClN4O2. The van der Waals surface area contributed by atoms with Crippen LogP contribution in [0.1, 0.15) is 37.5 Å². The second kappa shape index (κ2) is 5.97. The summed E-state index contributed by atoms with van der Waals surface area (Å²) in [6, 6.07) is -0.317. The number of carbonyl (C=O) groups excluding carboxylic acids is 1. The molecule has 17 heavy (non-hydrogen) atoms. The van der Waals surface area contributed by atoms with Crippen molar-refractivity contribution in [3.8, 4) is 0 Å². The van der Waals surface area contributed by atoms with E-state index >= 15 is 0 Å². The zero-order chi connectivity index (χ0) is 11.5. The highest BCUT2D eigenvalue weighted by Gasteiger charge is 2.24. The lowest BCUT2D eigenvalue weighted by Crippen LogP contribution is -2.41. The number of nitrogens with zero attached hydrogens (tertiary/aromatic N) is 2. The molecule has 1 aromatic heterocycles. The molecule has 2 unspecified atom stereocenters. The van der Waals surface area contributed by atoms with E-state index in [1.54, 1.807) is 6.92 Å². The minimum absolute atomic E-state index is 0. The van der Waals surface area contributed by atoms with Crippen molar-refractivity contribution in [3.05, 3.63) is 11.7 Å². The largest absolute Gasteiger partial charge is 0.343 e. The molecule has 1 amide bonds. The first kappa shape index (κ1) is 13.9. The van der Waals surface area contributed by atoms with Crippen LogP contribution in [-0.4, -0.2) is 28.6 Å². The van der Waals surface area contributed by atoms with Crippen molar-refractivity contribution in [2.75, 3.05) is 6.54 Å². The Morgan fingerprint density at radius 3 is 2.94 bits per heavy atom. The van der Waals surface area contributed by atoms with E-state index in [0.29, 0.717) is 11.7 Å². The number of aromatic nitrogens is 2. The topological polar surface area (TPSA) is 80.0 Å². The van der Waals surface area contributed by atoms with Crippen molar-refractivity contribution in [3.63, 3.8) is 0 Å². The molecule has 0 aliphatic carbocycles. The highest BCUT2D eigenvalue weighted by atomic mass is 35.5. The molecule has 1 fully saturated rings. The first-order valence-corrected chi connectivity index (χ1v) is 5.51. The number of amides is 1. The third-order valence-electron chi connectivity index (χ3n) is 2.65. The number of nitrogens with one attached hydrogen (secondary N) is 2. The second-order valence-corrected chi connectivity index (χ2v) is 4.06. The summed E-state index contributed by atoms with van der Waals surface area (Å²) in [5.41, 5.74) is 0. The first-order valence-electron chi connectivity index (χ1n) is 5.51. The fourth-order valence-electron chi connectivity index (χ4n) is 1.77. The van der Waals surface area contributed by atoms with Crippen LogP contribution >= 0.6 is 12.4 Å². The van der Waals surface area contributed by atoms with E-state index in [2.05, 4.69) is 20.8 Å². The maximum atomic E-state index is 11.8. The quantitative estimate of drug-likeness (QED) is 0.838. The maximum absolute atomic E-state index is 11.8. The van der Waals surface area contributed by atoms with Crippen molar-refractivity contribution in [1.29, 1.82) is 0 Å². The van der Waals surface area contributed by atoms with E-state index in [1.165, 1.54) is 0 Å². The summed E-state index contributed by atoms with van der Waals surface area (Å²) in [4.78, 5) is 15.8. The molecule has 0 bridgehead atoms. The first-order chi connectivity index (χ1) is 7.66. The molecule has 1 aliphatic heterocycles. The lowest BCUT2D eigenvalue weighted by molar-refractivity contribution is -0.123. The molecule has 0 aromatic carbocycles. The molecule has 6 nitrogen and oxygen atoms in total. The van der Waals surface area contributed by atoms with E-state index in [-0.39, 0.29) is 30.4 Å². The predicted molar refractivity (Wildman–Crippen MR) is 63.9 cm³/mol. The SMILES string of the molecule is Cc1noc(C(C)NC(=O)C2CCCN2)n1.Cl. The van der Waals surface area contributed by atoms with Crippen LogP contribution in [0.2, 0.25) is 0 Å². The normalized spacial score (nSPS) is 20.7. The zero-order valence-corrected chi connectivity index (χ0v) is 10.7. The summed E-state index contributed by atoms with van der Waals surface area (Å²) in [6.07, 6.45) is 1.94. The minimum atomic E-state index is -0.240. The molecule has 0 saturated carbocycles. The van der Waals surface area contributed by atoms with Crippen LogP contribution in [0.25, 0.3) is 0 Å². The molecule has 1 saturated heterocycles. The van der Waals surface area contributed by atoms with E-state index < -0.39 is 0 Å². The van der Waals surface area contributed by atoms with E-state index in [0.717, 1.165) is 19.4 Å². The van der Waals surface area contributed by atoms with Crippen LogP contribution in [0.3, 0.4) is 0 Å². The lowest BCUT2D eigenvalue weighted by Gasteiger charge is -2.14. The Hall–Kier alpha value is -1.14. The summed E-state index contributed by atoms with van der Waals surface area (Å²) < 4.78 is 4.99. The standard InChI is InChI=1S/C10H16N4O2.ClH/c1-6(10-13-7(2)14-16-10)12-9(15)8-4-3-5-11-8;/h6,8,11H,3-5H2,1-2H3,(H,12,15);1H. The van der Waals surface area contributed by atoms with Gasteiger partial charge in [-0.05, 0) is 33.2 Å². The van der Waals surface area contributed by atoms with Gasteiger partial charge in [0.15, 0.2) is 5.82 Å². The third kappa shape index (κ3) is 3.41. The fraction of sp³-hybridized carbons (Fsp3) is 0.700. The molecule has 7 heteroatoms. The van der Waals surface area contributed by atoms with Crippen molar-refractivity contribution in [2.24, 2.45) is 0 Å². The van der Waals surface area contributed by atoms with Gasteiger partial charge in [-0.1, -0.05) is 5.16 Å². The second-order valence-electron chi connectivity index (χ2n) is 4.06. The van der Waals surface area contributed by atoms with Crippen LogP contribution in [0.15, 0.2) is 4.52 Å². The molecule has 1 aromatic rings. The number of halogens is 1. The highest BCUT2D eigenvalue weighted by molar-refractivity contribution is 5.85. The maximum Gasteiger partial charge on any atom is 0.248 e. The Labute approximate surface area is 106 Å². The van der Waals surface area contributed by atoms with Crippen LogP contribution in [0.5, 0.6) is 0 Å². The molecule has 2 N–H and O–H groups in total. The van der Waals surface area contributed by atoms with Gasteiger partial charge in [0.1, 0.15) is 6.04 Å². The van der Waals surface area contributed by atoms with Crippen molar-refractivity contribution in [1.82, 2.24) is 20.8 Å². The Morgan fingerprint density at radius 2 is 2.41 bits per heavy atom. The van der Waals surface area contributed by atoms with E-state index in [9.17, 15) is 4.79 Å². The molecule has 1 aliphatic rings. The Morgan fingerprint density at radius 1 is 1.65 bits per heavy atom. The summed E-state index contributed by atoms with van der Waals surface area (Å²) in [7, 11) is 0. The van der Waals surface area contributed by atoms with Gasteiger partial charge in [-0.25, -0.2) is 0 Å². The molecular weight excluding hydrogens is 244 g/mol.